The topological polar surface area (TPSA) is 74.1 Å². The molecule has 0 bridgehead atoms. The van der Waals surface area contributed by atoms with Gasteiger partial charge in [0.15, 0.2) is 0 Å². The molecule has 0 saturated heterocycles. The van der Waals surface area contributed by atoms with Crippen LogP contribution in [0.3, 0.4) is 0 Å². The minimum atomic E-state index is 0.0350. The second-order valence-electron chi connectivity index (χ2n) is 8.18. The normalized spacial score (nSPS) is 19.8. The number of aromatic nitrogens is 2. The Kier molecular flexibility index (Phi) is 4.68. The molecule has 29 heavy (non-hydrogen) atoms. The van der Waals surface area contributed by atoms with Crippen LogP contribution in [0.1, 0.15) is 25.7 Å². The van der Waals surface area contributed by atoms with Gasteiger partial charge in [0, 0.05) is 17.5 Å². The molecule has 0 spiro atoms. The van der Waals surface area contributed by atoms with Crippen LogP contribution < -0.4 is 11.3 Å². The van der Waals surface area contributed by atoms with E-state index in [4.69, 9.17) is 15.1 Å². The summed E-state index contributed by atoms with van der Waals surface area (Å²) in [5.41, 5.74) is 8.48. The lowest BCUT2D eigenvalue weighted by molar-refractivity contribution is 0.246. The van der Waals surface area contributed by atoms with Gasteiger partial charge in [-0.1, -0.05) is 18.6 Å². The number of benzene rings is 2. The van der Waals surface area contributed by atoms with Crippen LogP contribution in [0.4, 0.5) is 0 Å². The number of fused-ring (bicyclic) bond motifs is 2. The predicted molar refractivity (Wildman–Crippen MR) is 116 cm³/mol. The van der Waals surface area contributed by atoms with Crippen LogP contribution in [0, 0.1) is 11.8 Å². The zero-order chi connectivity index (χ0) is 19.8. The second-order valence-corrected chi connectivity index (χ2v) is 8.18. The third-order valence-corrected chi connectivity index (χ3v) is 6.24. The van der Waals surface area contributed by atoms with Gasteiger partial charge in [0.25, 0.3) is 5.56 Å². The lowest BCUT2D eigenvalue weighted by atomic mass is 9.81. The second kappa shape index (κ2) is 7.48. The van der Waals surface area contributed by atoms with Crippen molar-refractivity contribution in [2.45, 2.75) is 32.2 Å². The van der Waals surface area contributed by atoms with E-state index in [2.05, 4.69) is 6.07 Å². The van der Waals surface area contributed by atoms with Crippen LogP contribution >= 0.6 is 0 Å². The van der Waals surface area contributed by atoms with E-state index in [1.54, 1.807) is 6.26 Å². The summed E-state index contributed by atoms with van der Waals surface area (Å²) in [5.74, 6) is 1.74. The highest BCUT2D eigenvalue weighted by molar-refractivity contribution is 5.84. The summed E-state index contributed by atoms with van der Waals surface area (Å²) in [7, 11) is 0. The van der Waals surface area contributed by atoms with Crippen molar-refractivity contribution in [3.63, 3.8) is 0 Å². The predicted octanol–water partition coefficient (Wildman–Crippen LogP) is 4.57. The van der Waals surface area contributed by atoms with Gasteiger partial charge < -0.3 is 10.2 Å². The first-order chi connectivity index (χ1) is 14.2. The molecule has 2 atom stereocenters. The molecule has 5 heteroatoms. The third kappa shape index (κ3) is 3.36. The van der Waals surface area contributed by atoms with Crippen molar-refractivity contribution in [1.82, 2.24) is 9.55 Å². The van der Waals surface area contributed by atoms with Gasteiger partial charge in [0.05, 0.1) is 17.2 Å². The molecule has 1 aliphatic carbocycles. The van der Waals surface area contributed by atoms with Crippen LogP contribution in [0.2, 0.25) is 0 Å². The monoisotopic (exact) mass is 387 g/mol. The van der Waals surface area contributed by atoms with Crippen molar-refractivity contribution in [2.24, 2.45) is 17.6 Å². The molecule has 2 heterocycles. The van der Waals surface area contributed by atoms with Gasteiger partial charge in [0.1, 0.15) is 11.4 Å². The molecular formula is C24H25N3O2. The van der Waals surface area contributed by atoms with Gasteiger partial charge in [-0.15, -0.1) is 0 Å². The summed E-state index contributed by atoms with van der Waals surface area (Å²) in [6, 6.07) is 15.5. The van der Waals surface area contributed by atoms with Crippen LogP contribution in [-0.4, -0.2) is 16.1 Å². The Morgan fingerprint density at radius 1 is 1.10 bits per heavy atom. The maximum absolute atomic E-state index is 13.4. The van der Waals surface area contributed by atoms with Gasteiger partial charge >= 0.3 is 0 Å². The average Bonchev–Trinajstić information content (AvgIpc) is 3.23. The van der Waals surface area contributed by atoms with Crippen LogP contribution in [0.5, 0.6) is 0 Å². The Balaban J connectivity index is 1.65. The maximum Gasteiger partial charge on any atom is 0.261 e. The molecule has 2 N–H and O–H groups in total. The van der Waals surface area contributed by atoms with Crippen molar-refractivity contribution >= 4 is 21.9 Å². The van der Waals surface area contributed by atoms with Crippen molar-refractivity contribution in [3.05, 3.63) is 65.1 Å². The van der Waals surface area contributed by atoms with E-state index < -0.39 is 0 Å². The zero-order valence-electron chi connectivity index (χ0n) is 16.4. The number of hydrogen-bond acceptors (Lipinski definition) is 4. The number of furan rings is 1. The highest BCUT2D eigenvalue weighted by Crippen LogP contribution is 2.31. The smallest absolute Gasteiger partial charge is 0.261 e. The van der Waals surface area contributed by atoms with Gasteiger partial charge in [-0.05, 0) is 74.0 Å². The summed E-state index contributed by atoms with van der Waals surface area (Å²) in [6.45, 7) is 1.41. The highest BCUT2D eigenvalue weighted by atomic mass is 16.3. The van der Waals surface area contributed by atoms with E-state index in [1.165, 1.54) is 12.8 Å². The first-order valence-corrected chi connectivity index (χ1v) is 10.4. The molecule has 1 aliphatic rings. The average molecular weight is 387 g/mol. The molecule has 5 rings (SSSR count). The first-order valence-electron chi connectivity index (χ1n) is 10.4. The lowest BCUT2D eigenvalue weighted by Crippen LogP contribution is -2.30. The van der Waals surface area contributed by atoms with Crippen LogP contribution in [-0.2, 0) is 6.54 Å². The fraction of sp³-hybridized carbons (Fsp3) is 0.333. The molecule has 2 aromatic heterocycles. The van der Waals surface area contributed by atoms with E-state index in [-0.39, 0.29) is 5.56 Å². The van der Waals surface area contributed by atoms with Crippen molar-refractivity contribution < 1.29 is 4.42 Å². The van der Waals surface area contributed by atoms with E-state index in [9.17, 15) is 4.79 Å². The van der Waals surface area contributed by atoms with E-state index >= 15 is 0 Å². The number of para-hydroxylation sites is 1. The summed E-state index contributed by atoms with van der Waals surface area (Å²) >= 11 is 0. The minimum absolute atomic E-state index is 0.0350. The Morgan fingerprint density at radius 3 is 2.86 bits per heavy atom. The fourth-order valence-electron chi connectivity index (χ4n) is 4.70. The molecule has 4 aromatic rings. The molecule has 2 unspecified atom stereocenters. The molecule has 148 valence electrons. The molecular weight excluding hydrogens is 362 g/mol. The Hall–Kier alpha value is -2.92. The number of nitrogens with two attached hydrogens (primary N) is 1. The van der Waals surface area contributed by atoms with E-state index in [0.717, 1.165) is 47.3 Å². The molecule has 1 saturated carbocycles. The summed E-state index contributed by atoms with van der Waals surface area (Å²) in [6.07, 6.45) is 6.27. The van der Waals surface area contributed by atoms with E-state index in [0.29, 0.717) is 23.8 Å². The quantitative estimate of drug-likeness (QED) is 0.556. The van der Waals surface area contributed by atoms with Gasteiger partial charge in [0.2, 0.25) is 0 Å². The zero-order valence-corrected chi connectivity index (χ0v) is 16.4. The molecule has 5 nitrogen and oxygen atoms in total. The van der Waals surface area contributed by atoms with Gasteiger partial charge in [-0.3, -0.25) is 9.36 Å². The molecule has 1 fully saturated rings. The first kappa shape index (κ1) is 18.1. The van der Waals surface area contributed by atoms with Crippen molar-refractivity contribution in [3.8, 4) is 11.4 Å². The fourth-order valence-corrected chi connectivity index (χ4v) is 4.70. The number of rotatable bonds is 4. The van der Waals surface area contributed by atoms with Gasteiger partial charge in [-0.2, -0.15) is 0 Å². The standard InChI is InChI=1S/C24H25N3O2/c25-14-16-4-3-5-17(12-16)15-27-23(19-8-9-22-18(13-19)10-11-29-22)26-21-7-2-1-6-20(21)24(27)28/h1-2,6-11,13,16-17H,3-5,12,14-15,25H2. The Bertz CT molecular complexity index is 1220. The number of nitrogens with zero attached hydrogens (tertiary/aromatic N) is 2. The van der Waals surface area contributed by atoms with Crippen LogP contribution in [0.15, 0.2) is 64.0 Å². The van der Waals surface area contributed by atoms with E-state index in [1.807, 2.05) is 47.0 Å². The summed E-state index contributed by atoms with van der Waals surface area (Å²) < 4.78 is 7.36. The molecule has 0 amide bonds. The highest BCUT2D eigenvalue weighted by Gasteiger charge is 2.23. The lowest BCUT2D eigenvalue weighted by Gasteiger charge is -2.29. The van der Waals surface area contributed by atoms with Crippen molar-refractivity contribution in [1.29, 1.82) is 0 Å². The third-order valence-electron chi connectivity index (χ3n) is 6.24. The maximum atomic E-state index is 13.4. The summed E-state index contributed by atoms with van der Waals surface area (Å²) in [5, 5.41) is 1.68. The Morgan fingerprint density at radius 2 is 1.97 bits per heavy atom. The minimum Gasteiger partial charge on any atom is -0.464 e. The molecule has 2 aromatic carbocycles. The van der Waals surface area contributed by atoms with Crippen molar-refractivity contribution in [2.75, 3.05) is 6.54 Å². The number of hydrogen-bond donors (Lipinski definition) is 1. The SMILES string of the molecule is NCC1CCCC(Cn2c(-c3ccc4occc4c3)nc3ccccc3c2=O)C1. The molecule has 0 radical (unpaired) electrons. The largest absolute Gasteiger partial charge is 0.464 e. The summed E-state index contributed by atoms with van der Waals surface area (Å²) in [4.78, 5) is 18.4. The Labute approximate surface area is 169 Å². The van der Waals surface area contributed by atoms with Crippen LogP contribution in [0.25, 0.3) is 33.3 Å². The molecule has 0 aliphatic heterocycles. The van der Waals surface area contributed by atoms with Gasteiger partial charge in [-0.25, -0.2) is 4.98 Å².